The van der Waals surface area contributed by atoms with Crippen LogP contribution in [0.5, 0.6) is 0 Å². The van der Waals surface area contributed by atoms with Crippen molar-refractivity contribution in [3.05, 3.63) is 70.0 Å². The van der Waals surface area contributed by atoms with Gasteiger partial charge in [-0.3, -0.25) is 4.79 Å². The van der Waals surface area contributed by atoms with Gasteiger partial charge in [-0.15, -0.1) is 0 Å². The minimum Gasteiger partial charge on any atom is -0.334 e. The van der Waals surface area contributed by atoms with Crippen LogP contribution in [-0.2, 0) is 17.1 Å². The van der Waals surface area contributed by atoms with Crippen LogP contribution in [0.4, 0.5) is 30.7 Å². The number of halogens is 7. The van der Waals surface area contributed by atoms with E-state index < -0.39 is 52.7 Å². The Morgan fingerprint density at radius 1 is 1.05 bits per heavy atom. The molecule has 11 heteroatoms. The summed E-state index contributed by atoms with van der Waals surface area (Å²) < 4.78 is 94.8. The minimum absolute atomic E-state index is 0.0535. The van der Waals surface area contributed by atoms with Crippen molar-refractivity contribution < 1.29 is 35.5 Å². The van der Waals surface area contributed by atoms with Gasteiger partial charge in [0.1, 0.15) is 5.82 Å². The second-order valence-electron chi connectivity index (χ2n) is 11.1. The number of aryl methyl sites for hydroxylation is 1. The highest BCUT2D eigenvalue weighted by Gasteiger charge is 2.48. The fourth-order valence-corrected chi connectivity index (χ4v) is 5.93. The minimum atomic E-state index is -5.02. The number of alkyl halides is 6. The Bertz CT molecular complexity index is 1200. The molecule has 1 unspecified atom stereocenters. The number of hydrogen-bond acceptors (Lipinski definition) is 3. The summed E-state index contributed by atoms with van der Waals surface area (Å²) in [5, 5.41) is 3.53. The van der Waals surface area contributed by atoms with Crippen molar-refractivity contribution in [2.24, 2.45) is 5.73 Å². The Morgan fingerprint density at radius 2 is 1.67 bits per heavy atom. The number of carbonyl (C=O) groups excluding carboxylic acids is 1. The van der Waals surface area contributed by atoms with Gasteiger partial charge in [0.25, 0.3) is 0 Å². The zero-order valence-electron chi connectivity index (χ0n) is 21.9. The zero-order valence-corrected chi connectivity index (χ0v) is 21.9. The third-order valence-electron chi connectivity index (χ3n) is 8.45. The van der Waals surface area contributed by atoms with Gasteiger partial charge in [0.2, 0.25) is 5.91 Å². The van der Waals surface area contributed by atoms with Crippen molar-refractivity contribution in [1.82, 2.24) is 10.2 Å². The topological polar surface area (TPSA) is 58.4 Å². The van der Waals surface area contributed by atoms with Crippen molar-refractivity contribution >= 4 is 5.91 Å². The molecule has 39 heavy (non-hydrogen) atoms. The van der Waals surface area contributed by atoms with E-state index in [1.807, 2.05) is 0 Å². The maximum absolute atomic E-state index is 14.0. The number of nitrogens with zero attached hydrogens (tertiary/aromatic N) is 1. The molecular weight excluding hydrogens is 527 g/mol. The molecule has 0 aliphatic carbocycles. The normalized spacial score (nSPS) is 24.6. The number of carbonyl (C=O) groups is 1. The van der Waals surface area contributed by atoms with Crippen LogP contribution in [0.3, 0.4) is 0 Å². The molecule has 2 saturated heterocycles. The Balaban J connectivity index is 1.72. The summed E-state index contributed by atoms with van der Waals surface area (Å²) in [6.45, 7) is 5.53. The van der Waals surface area contributed by atoms with Gasteiger partial charge in [0.15, 0.2) is 0 Å². The predicted molar refractivity (Wildman–Crippen MR) is 132 cm³/mol. The molecule has 0 aromatic heterocycles. The molecule has 4 rings (SSSR count). The quantitative estimate of drug-likeness (QED) is 0.422. The number of hydrogen-bond donors (Lipinski definition) is 2. The summed E-state index contributed by atoms with van der Waals surface area (Å²) in [4.78, 5) is 15.6. The van der Waals surface area contributed by atoms with Crippen LogP contribution in [0, 0.1) is 12.7 Å². The lowest BCUT2D eigenvalue weighted by molar-refractivity contribution is -0.143. The average molecular weight is 560 g/mol. The molecule has 1 spiro atoms. The van der Waals surface area contributed by atoms with Crippen LogP contribution in [0.1, 0.15) is 79.3 Å². The number of piperidine rings is 1. The molecule has 2 fully saturated rings. The fraction of sp³-hybridized carbons (Fsp3) is 0.536. The van der Waals surface area contributed by atoms with E-state index in [9.17, 15) is 35.5 Å². The number of amides is 1. The van der Waals surface area contributed by atoms with E-state index in [4.69, 9.17) is 5.73 Å². The van der Waals surface area contributed by atoms with Crippen molar-refractivity contribution in [2.45, 2.75) is 81.8 Å². The fourth-order valence-electron chi connectivity index (χ4n) is 5.93. The highest BCUT2D eigenvalue weighted by atomic mass is 19.4. The number of likely N-dealkylation sites (tertiary alicyclic amines) is 1. The molecular formula is C28H32F7N3O. The first-order chi connectivity index (χ1) is 17.9. The molecule has 2 aromatic rings. The van der Waals surface area contributed by atoms with E-state index in [0.29, 0.717) is 30.5 Å². The summed E-state index contributed by atoms with van der Waals surface area (Å²) in [5.74, 6) is -2.22. The molecule has 2 aromatic carbocycles. The first-order valence-corrected chi connectivity index (χ1v) is 12.8. The van der Waals surface area contributed by atoms with Gasteiger partial charge in [0.05, 0.1) is 22.7 Å². The van der Waals surface area contributed by atoms with Gasteiger partial charge < -0.3 is 16.0 Å². The Kier molecular flexibility index (Phi) is 7.57. The standard InChI is InChI=1S/C28H32F7N3O/c1-16-11-21(29)5-6-22(16)23-15-26(7-4-9-37-26)8-10-38(23)24(39)25(3,36)17(2)18-12-19(27(30,31)32)14-20(13-18)28(33,34)35/h5-6,11-14,17,23,37H,4,7-10,15,36H2,1-3H3/t17-,23-,25?,26+/m1/s1. The second kappa shape index (κ2) is 10.1. The van der Waals surface area contributed by atoms with E-state index >= 15 is 0 Å². The number of nitrogens with two attached hydrogens (primary N) is 1. The molecule has 3 N–H and O–H groups in total. The van der Waals surface area contributed by atoms with E-state index in [-0.39, 0.29) is 23.7 Å². The predicted octanol–water partition coefficient (Wildman–Crippen LogP) is 6.48. The first kappa shape index (κ1) is 29.3. The van der Waals surface area contributed by atoms with Gasteiger partial charge in [0, 0.05) is 18.0 Å². The molecule has 2 aliphatic heterocycles. The van der Waals surface area contributed by atoms with Crippen LogP contribution in [-0.4, -0.2) is 35.0 Å². The summed E-state index contributed by atoms with van der Waals surface area (Å²) in [5.41, 5.74) is 2.53. The van der Waals surface area contributed by atoms with Crippen molar-refractivity contribution in [2.75, 3.05) is 13.1 Å². The highest BCUT2D eigenvalue weighted by molar-refractivity contribution is 5.87. The smallest absolute Gasteiger partial charge is 0.334 e. The largest absolute Gasteiger partial charge is 0.416 e. The first-order valence-electron chi connectivity index (χ1n) is 12.8. The Morgan fingerprint density at radius 3 is 2.18 bits per heavy atom. The Labute approximate surface area is 222 Å². The Hall–Kier alpha value is -2.66. The molecule has 1 amide bonds. The summed E-state index contributed by atoms with van der Waals surface area (Å²) in [6, 6.07) is 5.08. The number of rotatable bonds is 4. The lowest BCUT2D eigenvalue weighted by Gasteiger charge is -2.48. The third kappa shape index (κ3) is 5.79. The van der Waals surface area contributed by atoms with Gasteiger partial charge in [-0.2, -0.15) is 26.3 Å². The summed E-state index contributed by atoms with van der Waals surface area (Å²) >= 11 is 0. The lowest BCUT2D eigenvalue weighted by atomic mass is 9.76. The maximum Gasteiger partial charge on any atom is 0.416 e. The molecule has 214 valence electrons. The van der Waals surface area contributed by atoms with E-state index in [1.165, 1.54) is 26.0 Å². The van der Waals surface area contributed by atoms with Crippen LogP contribution in [0.2, 0.25) is 0 Å². The monoisotopic (exact) mass is 559 g/mol. The van der Waals surface area contributed by atoms with Gasteiger partial charge in [-0.25, -0.2) is 4.39 Å². The zero-order chi connectivity index (χ0) is 29.0. The second-order valence-corrected chi connectivity index (χ2v) is 11.1. The lowest BCUT2D eigenvalue weighted by Crippen LogP contribution is -2.61. The number of benzene rings is 2. The van der Waals surface area contributed by atoms with E-state index in [0.717, 1.165) is 24.9 Å². The van der Waals surface area contributed by atoms with Crippen LogP contribution >= 0.6 is 0 Å². The SMILES string of the molecule is Cc1cc(F)ccc1[C@H]1C[C@]2(CCCN2)CCN1C(=O)C(C)(N)[C@H](C)c1cc(C(F)(F)F)cc(C(F)(F)F)c1. The van der Waals surface area contributed by atoms with Crippen LogP contribution in [0.25, 0.3) is 0 Å². The molecule has 0 saturated carbocycles. The summed E-state index contributed by atoms with van der Waals surface area (Å²) in [7, 11) is 0. The third-order valence-corrected chi connectivity index (χ3v) is 8.45. The molecule has 0 bridgehead atoms. The van der Waals surface area contributed by atoms with Gasteiger partial charge in [-0.05, 0) is 93.1 Å². The van der Waals surface area contributed by atoms with Gasteiger partial charge in [-0.1, -0.05) is 13.0 Å². The maximum atomic E-state index is 14.0. The van der Waals surface area contributed by atoms with Crippen LogP contribution < -0.4 is 11.1 Å². The highest BCUT2D eigenvalue weighted by Crippen LogP contribution is 2.44. The molecule has 4 atom stereocenters. The molecule has 2 aliphatic rings. The number of nitrogens with one attached hydrogen (secondary N) is 1. The van der Waals surface area contributed by atoms with E-state index in [1.54, 1.807) is 17.9 Å². The average Bonchev–Trinajstić information content (AvgIpc) is 3.29. The van der Waals surface area contributed by atoms with Gasteiger partial charge >= 0.3 is 12.4 Å². The van der Waals surface area contributed by atoms with Crippen molar-refractivity contribution in [3.8, 4) is 0 Å². The molecule has 2 heterocycles. The molecule has 0 radical (unpaired) electrons. The molecule has 4 nitrogen and oxygen atoms in total. The van der Waals surface area contributed by atoms with E-state index in [2.05, 4.69) is 5.32 Å². The summed E-state index contributed by atoms with van der Waals surface area (Å²) in [6.07, 6.45) is -7.05. The van der Waals surface area contributed by atoms with Crippen LogP contribution in [0.15, 0.2) is 36.4 Å². The van der Waals surface area contributed by atoms with Crippen molar-refractivity contribution in [1.29, 1.82) is 0 Å². The van der Waals surface area contributed by atoms with Crippen molar-refractivity contribution in [3.63, 3.8) is 0 Å².